The summed E-state index contributed by atoms with van der Waals surface area (Å²) in [7, 11) is 1.69. The van der Waals surface area contributed by atoms with Gasteiger partial charge in [-0.3, -0.25) is 14.8 Å². The highest BCUT2D eigenvalue weighted by Gasteiger charge is 2.30. The maximum Gasteiger partial charge on any atom is 0.417 e. The molecule has 0 spiro atoms. The standard InChI is InChI=1S/C9H14N2O.C6H4F3N/c1-7(11-3)4-5-9(6-10)8(2)12;7-6(8,9)5-2-1-3-10-4-5/h4-6H,10H2,1-3H3;1-4H/b5-4-,9-6-,11-7?;. The number of hydrogen-bond donors (Lipinski definition) is 1. The minimum atomic E-state index is -4.27. The summed E-state index contributed by atoms with van der Waals surface area (Å²) in [6.07, 6.45) is 2.52. The number of nitrogens with two attached hydrogens (primary N) is 1. The van der Waals surface area contributed by atoms with Crippen LogP contribution in [0.25, 0.3) is 0 Å². The number of alkyl halides is 3. The third kappa shape index (κ3) is 7.98. The van der Waals surface area contributed by atoms with Crippen molar-refractivity contribution in [3.8, 4) is 0 Å². The Bertz CT molecular complexity index is 561. The number of halogens is 3. The number of hydrogen-bond acceptors (Lipinski definition) is 4. The lowest BCUT2D eigenvalue weighted by molar-refractivity contribution is -0.137. The highest BCUT2D eigenvalue weighted by molar-refractivity contribution is 5.99. The van der Waals surface area contributed by atoms with E-state index in [1.807, 2.05) is 6.92 Å². The molecule has 0 unspecified atom stereocenters. The number of rotatable bonds is 3. The smallest absolute Gasteiger partial charge is 0.404 e. The predicted octanol–water partition coefficient (Wildman–Crippen LogP) is 3.17. The van der Waals surface area contributed by atoms with Crippen LogP contribution in [0.2, 0.25) is 0 Å². The Morgan fingerprint density at radius 2 is 1.95 bits per heavy atom. The van der Waals surface area contributed by atoms with Gasteiger partial charge in [-0.15, -0.1) is 0 Å². The maximum absolute atomic E-state index is 11.7. The Morgan fingerprint density at radius 1 is 1.32 bits per heavy atom. The van der Waals surface area contributed by atoms with Crippen LogP contribution in [-0.2, 0) is 11.0 Å². The van der Waals surface area contributed by atoms with Crippen LogP contribution in [0.15, 0.2) is 53.4 Å². The van der Waals surface area contributed by atoms with Crippen LogP contribution in [0, 0.1) is 0 Å². The SMILES string of the molecule is CN=C(C)/C=C\C(=C\N)C(C)=O.FC(F)(F)c1cccnc1. The van der Waals surface area contributed by atoms with Crippen LogP contribution in [0.4, 0.5) is 13.2 Å². The average molecular weight is 313 g/mol. The molecule has 1 rings (SSSR count). The quantitative estimate of drug-likeness (QED) is 0.529. The van der Waals surface area contributed by atoms with Crippen molar-refractivity contribution in [2.24, 2.45) is 10.7 Å². The summed E-state index contributed by atoms with van der Waals surface area (Å²) in [5.41, 5.74) is 5.87. The molecular weight excluding hydrogens is 295 g/mol. The van der Waals surface area contributed by atoms with Gasteiger partial charge in [-0.2, -0.15) is 13.2 Å². The second kappa shape index (κ2) is 9.49. The molecule has 0 aromatic carbocycles. The van der Waals surface area contributed by atoms with Crippen molar-refractivity contribution in [2.75, 3.05) is 7.05 Å². The summed E-state index contributed by atoms with van der Waals surface area (Å²) in [5.74, 6) is -0.0438. The van der Waals surface area contributed by atoms with E-state index in [1.54, 1.807) is 19.2 Å². The van der Waals surface area contributed by atoms with Crippen molar-refractivity contribution >= 4 is 11.5 Å². The zero-order chi connectivity index (χ0) is 17.2. The first kappa shape index (κ1) is 19.6. The topological polar surface area (TPSA) is 68.3 Å². The van der Waals surface area contributed by atoms with Crippen molar-refractivity contribution in [1.82, 2.24) is 4.98 Å². The van der Waals surface area contributed by atoms with E-state index in [1.165, 1.54) is 25.4 Å². The van der Waals surface area contributed by atoms with E-state index in [4.69, 9.17) is 5.73 Å². The number of carbonyl (C=O) groups is 1. The van der Waals surface area contributed by atoms with Gasteiger partial charge in [0.15, 0.2) is 5.78 Å². The first-order chi connectivity index (χ1) is 10.2. The van der Waals surface area contributed by atoms with Gasteiger partial charge in [-0.05, 0) is 38.1 Å². The van der Waals surface area contributed by atoms with E-state index in [0.717, 1.165) is 18.0 Å². The summed E-state index contributed by atoms with van der Waals surface area (Å²) < 4.78 is 35.2. The van der Waals surface area contributed by atoms with E-state index in [2.05, 4.69) is 9.98 Å². The summed E-state index contributed by atoms with van der Waals surface area (Å²) in [4.78, 5) is 18.1. The van der Waals surface area contributed by atoms with Crippen molar-refractivity contribution < 1.29 is 18.0 Å². The minimum absolute atomic E-state index is 0.0438. The van der Waals surface area contributed by atoms with Crippen molar-refractivity contribution in [1.29, 1.82) is 0 Å². The van der Waals surface area contributed by atoms with Gasteiger partial charge in [-0.25, -0.2) is 0 Å². The van der Waals surface area contributed by atoms with Gasteiger partial charge in [0, 0.05) is 36.9 Å². The van der Waals surface area contributed by atoms with Gasteiger partial charge in [0.1, 0.15) is 0 Å². The van der Waals surface area contributed by atoms with Gasteiger partial charge >= 0.3 is 6.18 Å². The molecule has 2 N–H and O–H groups in total. The molecule has 0 aliphatic carbocycles. The molecule has 1 aromatic heterocycles. The van der Waals surface area contributed by atoms with Crippen molar-refractivity contribution in [2.45, 2.75) is 20.0 Å². The molecule has 0 bridgehead atoms. The number of allylic oxidation sites excluding steroid dienone is 3. The van der Waals surface area contributed by atoms with Gasteiger partial charge in [-0.1, -0.05) is 0 Å². The Hall–Kier alpha value is -2.44. The Balaban J connectivity index is 0.000000406. The molecule has 4 nitrogen and oxygen atoms in total. The third-order valence-corrected chi connectivity index (χ3v) is 2.43. The lowest BCUT2D eigenvalue weighted by atomic mass is 10.2. The Labute approximate surface area is 127 Å². The maximum atomic E-state index is 11.7. The van der Waals surface area contributed by atoms with E-state index in [-0.39, 0.29) is 5.78 Å². The molecule has 0 aliphatic heterocycles. The zero-order valence-electron chi connectivity index (χ0n) is 12.6. The first-order valence-corrected chi connectivity index (χ1v) is 6.23. The molecule has 1 aromatic rings. The monoisotopic (exact) mass is 313 g/mol. The molecule has 0 aliphatic rings. The first-order valence-electron chi connectivity index (χ1n) is 6.23. The number of ketones is 1. The van der Waals surface area contributed by atoms with Crippen LogP contribution < -0.4 is 5.73 Å². The second-order valence-corrected chi connectivity index (χ2v) is 4.12. The molecule has 0 atom stereocenters. The molecule has 22 heavy (non-hydrogen) atoms. The summed E-state index contributed by atoms with van der Waals surface area (Å²) in [6.45, 7) is 3.33. The Kier molecular flexibility index (Phi) is 8.44. The molecular formula is C15H18F3N3O. The third-order valence-electron chi connectivity index (χ3n) is 2.43. The minimum Gasteiger partial charge on any atom is -0.404 e. The Morgan fingerprint density at radius 3 is 2.27 bits per heavy atom. The second-order valence-electron chi connectivity index (χ2n) is 4.12. The van der Waals surface area contributed by atoms with Crippen LogP contribution in [0.3, 0.4) is 0 Å². The van der Waals surface area contributed by atoms with Gasteiger partial charge in [0.2, 0.25) is 0 Å². The number of carbonyl (C=O) groups excluding carboxylic acids is 1. The van der Waals surface area contributed by atoms with Gasteiger partial charge < -0.3 is 5.73 Å². The normalized spacial score (nSPS) is 12.8. The van der Waals surface area contributed by atoms with Crippen LogP contribution >= 0.6 is 0 Å². The van der Waals surface area contributed by atoms with E-state index in [0.29, 0.717) is 5.57 Å². The molecule has 0 radical (unpaired) electrons. The molecule has 120 valence electrons. The number of Topliss-reactive ketones (excluding diaryl/α,β-unsaturated/α-hetero) is 1. The lowest BCUT2D eigenvalue weighted by Gasteiger charge is -2.03. The van der Waals surface area contributed by atoms with Crippen LogP contribution in [0.5, 0.6) is 0 Å². The fraction of sp³-hybridized carbons (Fsp3) is 0.267. The van der Waals surface area contributed by atoms with Gasteiger partial charge in [0.05, 0.1) is 5.56 Å². The lowest BCUT2D eigenvalue weighted by Crippen LogP contribution is -2.04. The fourth-order valence-electron chi connectivity index (χ4n) is 1.11. The molecule has 1 heterocycles. The highest BCUT2D eigenvalue weighted by atomic mass is 19.4. The number of nitrogens with zero attached hydrogens (tertiary/aromatic N) is 2. The zero-order valence-corrected chi connectivity index (χ0v) is 12.6. The number of aliphatic imine (C=N–C) groups is 1. The highest BCUT2D eigenvalue weighted by Crippen LogP contribution is 2.27. The summed E-state index contributed by atoms with van der Waals surface area (Å²) in [6, 6.07) is 2.23. The largest absolute Gasteiger partial charge is 0.417 e. The molecule has 0 saturated heterocycles. The molecule has 0 saturated carbocycles. The van der Waals surface area contributed by atoms with Crippen LogP contribution in [0.1, 0.15) is 19.4 Å². The van der Waals surface area contributed by atoms with E-state index in [9.17, 15) is 18.0 Å². The molecule has 0 fully saturated rings. The molecule has 0 amide bonds. The summed E-state index contributed by atoms with van der Waals surface area (Å²) in [5, 5.41) is 0. The average Bonchev–Trinajstić information content (AvgIpc) is 2.48. The number of pyridine rings is 1. The number of aromatic nitrogens is 1. The predicted molar refractivity (Wildman–Crippen MR) is 80.4 cm³/mol. The summed E-state index contributed by atoms with van der Waals surface area (Å²) >= 11 is 0. The fourth-order valence-corrected chi connectivity index (χ4v) is 1.11. The van der Waals surface area contributed by atoms with Crippen molar-refractivity contribution in [3.05, 3.63) is 54.0 Å². The van der Waals surface area contributed by atoms with E-state index >= 15 is 0 Å². The van der Waals surface area contributed by atoms with Crippen LogP contribution in [-0.4, -0.2) is 23.5 Å². The van der Waals surface area contributed by atoms with Crippen molar-refractivity contribution in [3.63, 3.8) is 0 Å². The van der Waals surface area contributed by atoms with E-state index < -0.39 is 11.7 Å². The molecule has 7 heteroatoms. The van der Waals surface area contributed by atoms with Gasteiger partial charge in [0.25, 0.3) is 0 Å².